The van der Waals surface area contributed by atoms with Gasteiger partial charge in [-0.05, 0) is 26.8 Å². The van der Waals surface area contributed by atoms with Crippen LogP contribution in [0.5, 0.6) is 0 Å². The van der Waals surface area contributed by atoms with Gasteiger partial charge in [0.15, 0.2) is 0 Å². The van der Waals surface area contributed by atoms with Gasteiger partial charge in [0, 0.05) is 24.3 Å². The second-order valence-electron chi connectivity index (χ2n) is 6.82. The SMILES string of the molecule is Cc1cc(=O)[nH]c([C@@H]2CN(C(=O)CN(C)C3CCCC3)CCO2)n1. The Hall–Kier alpha value is -1.73. The van der Waals surface area contributed by atoms with Gasteiger partial charge in [-0.2, -0.15) is 0 Å². The van der Waals surface area contributed by atoms with Gasteiger partial charge in [0.2, 0.25) is 5.91 Å². The van der Waals surface area contributed by atoms with Crippen LogP contribution in [0.25, 0.3) is 0 Å². The van der Waals surface area contributed by atoms with Gasteiger partial charge in [0.05, 0.1) is 19.7 Å². The molecule has 1 aromatic heterocycles. The molecule has 1 atom stereocenters. The molecule has 2 heterocycles. The zero-order chi connectivity index (χ0) is 17.1. The molecule has 7 heteroatoms. The lowest BCUT2D eigenvalue weighted by molar-refractivity contribution is -0.140. The van der Waals surface area contributed by atoms with Crippen molar-refractivity contribution in [2.24, 2.45) is 0 Å². The fourth-order valence-electron chi connectivity index (χ4n) is 3.58. The van der Waals surface area contributed by atoms with Gasteiger partial charge in [-0.3, -0.25) is 14.5 Å². The van der Waals surface area contributed by atoms with E-state index in [2.05, 4.69) is 14.9 Å². The second-order valence-corrected chi connectivity index (χ2v) is 6.82. The number of hydrogen-bond donors (Lipinski definition) is 1. The van der Waals surface area contributed by atoms with Gasteiger partial charge in [-0.15, -0.1) is 0 Å². The smallest absolute Gasteiger partial charge is 0.251 e. The number of hydrogen-bond acceptors (Lipinski definition) is 5. The van der Waals surface area contributed by atoms with Gasteiger partial charge < -0.3 is 14.6 Å². The molecular weight excluding hydrogens is 308 g/mol. The molecule has 132 valence electrons. The van der Waals surface area contributed by atoms with E-state index in [1.807, 2.05) is 11.9 Å². The quantitative estimate of drug-likeness (QED) is 0.883. The van der Waals surface area contributed by atoms with Crippen LogP contribution in [0.4, 0.5) is 0 Å². The molecule has 3 rings (SSSR count). The van der Waals surface area contributed by atoms with Gasteiger partial charge in [-0.25, -0.2) is 4.98 Å². The molecule has 1 aromatic rings. The summed E-state index contributed by atoms with van der Waals surface area (Å²) in [7, 11) is 2.03. The summed E-state index contributed by atoms with van der Waals surface area (Å²) in [5, 5.41) is 0. The third-order valence-electron chi connectivity index (χ3n) is 4.94. The van der Waals surface area contributed by atoms with Crippen molar-refractivity contribution in [1.29, 1.82) is 0 Å². The van der Waals surface area contributed by atoms with E-state index in [4.69, 9.17) is 4.74 Å². The van der Waals surface area contributed by atoms with Crippen LogP contribution in [0.1, 0.15) is 43.3 Å². The Balaban J connectivity index is 1.62. The van der Waals surface area contributed by atoms with E-state index >= 15 is 0 Å². The molecule has 0 unspecified atom stereocenters. The number of carbonyl (C=O) groups is 1. The number of ether oxygens (including phenoxy) is 1. The zero-order valence-electron chi connectivity index (χ0n) is 14.5. The molecule has 2 fully saturated rings. The van der Waals surface area contributed by atoms with Gasteiger partial charge in [0.1, 0.15) is 11.9 Å². The maximum atomic E-state index is 12.6. The van der Waals surface area contributed by atoms with E-state index in [0.717, 1.165) is 0 Å². The van der Waals surface area contributed by atoms with E-state index in [1.54, 1.807) is 6.92 Å². The lowest BCUT2D eigenvalue weighted by Gasteiger charge is -2.34. The number of amides is 1. The van der Waals surface area contributed by atoms with Crippen molar-refractivity contribution in [3.8, 4) is 0 Å². The van der Waals surface area contributed by atoms with Crippen molar-refractivity contribution in [2.75, 3.05) is 33.3 Å². The molecule has 0 spiro atoms. The number of morpholine rings is 1. The summed E-state index contributed by atoms with van der Waals surface area (Å²) in [4.78, 5) is 35.3. The first-order valence-electron chi connectivity index (χ1n) is 8.70. The molecule has 1 saturated carbocycles. The number of carbonyl (C=O) groups excluding carboxylic acids is 1. The molecule has 7 nitrogen and oxygen atoms in total. The third kappa shape index (κ3) is 4.02. The Bertz CT molecular complexity index is 639. The average molecular weight is 334 g/mol. The number of nitrogens with zero attached hydrogens (tertiary/aromatic N) is 3. The van der Waals surface area contributed by atoms with Crippen LogP contribution in [0.3, 0.4) is 0 Å². The number of H-pyrrole nitrogens is 1. The predicted molar refractivity (Wildman–Crippen MR) is 89.8 cm³/mol. The summed E-state index contributed by atoms with van der Waals surface area (Å²) in [6.45, 7) is 3.70. The Morgan fingerprint density at radius 2 is 2.21 bits per heavy atom. The van der Waals surface area contributed by atoms with Crippen molar-refractivity contribution < 1.29 is 9.53 Å². The Morgan fingerprint density at radius 1 is 1.46 bits per heavy atom. The summed E-state index contributed by atoms with van der Waals surface area (Å²) < 4.78 is 5.72. The van der Waals surface area contributed by atoms with Crippen molar-refractivity contribution in [2.45, 2.75) is 44.8 Å². The minimum atomic E-state index is -0.368. The fourth-order valence-corrected chi connectivity index (χ4v) is 3.58. The molecule has 0 bridgehead atoms. The maximum absolute atomic E-state index is 12.6. The predicted octanol–water partition coefficient (Wildman–Crippen LogP) is 0.853. The molecular formula is C17H26N4O3. The summed E-state index contributed by atoms with van der Waals surface area (Å²) in [5.74, 6) is 0.620. The summed E-state index contributed by atoms with van der Waals surface area (Å²) in [6, 6.07) is 1.98. The Morgan fingerprint density at radius 3 is 2.92 bits per heavy atom. The normalized spacial score (nSPS) is 22.3. The van der Waals surface area contributed by atoms with E-state index in [1.165, 1.54) is 31.7 Å². The Labute approximate surface area is 142 Å². The van der Waals surface area contributed by atoms with E-state index in [0.29, 0.717) is 43.8 Å². The standard InChI is InChI=1S/C17H26N4O3/c1-12-9-15(22)19-17(18-12)14-10-21(7-8-24-14)16(23)11-20(2)13-5-3-4-6-13/h9,13-14H,3-8,10-11H2,1-2H3,(H,18,19,22)/t14-/m0/s1. The second kappa shape index (κ2) is 7.44. The van der Waals surface area contributed by atoms with E-state index in [-0.39, 0.29) is 17.6 Å². The largest absolute Gasteiger partial charge is 0.367 e. The minimum Gasteiger partial charge on any atom is -0.367 e. The average Bonchev–Trinajstić information content (AvgIpc) is 3.08. The number of nitrogens with one attached hydrogen (secondary N) is 1. The summed E-state index contributed by atoms with van der Waals surface area (Å²) >= 11 is 0. The zero-order valence-corrected chi connectivity index (χ0v) is 14.5. The van der Waals surface area contributed by atoms with Crippen molar-refractivity contribution >= 4 is 5.91 Å². The third-order valence-corrected chi connectivity index (χ3v) is 4.94. The van der Waals surface area contributed by atoms with Crippen LogP contribution >= 0.6 is 0 Å². The molecule has 1 N–H and O–H groups in total. The molecule has 1 saturated heterocycles. The highest BCUT2D eigenvalue weighted by atomic mass is 16.5. The number of likely N-dealkylation sites (N-methyl/N-ethyl adjacent to an activating group) is 1. The van der Waals surface area contributed by atoms with Crippen LogP contribution in [-0.4, -0.2) is 65.0 Å². The van der Waals surface area contributed by atoms with Crippen LogP contribution in [0, 0.1) is 6.92 Å². The molecule has 1 aliphatic carbocycles. The molecule has 2 aliphatic rings. The lowest BCUT2D eigenvalue weighted by atomic mass is 10.2. The molecule has 1 aliphatic heterocycles. The van der Waals surface area contributed by atoms with Gasteiger partial charge in [-0.1, -0.05) is 12.8 Å². The van der Waals surface area contributed by atoms with E-state index in [9.17, 15) is 9.59 Å². The number of aromatic amines is 1. The molecule has 0 aromatic carbocycles. The van der Waals surface area contributed by atoms with Crippen molar-refractivity contribution in [1.82, 2.24) is 19.8 Å². The van der Waals surface area contributed by atoms with Gasteiger partial charge >= 0.3 is 0 Å². The minimum absolute atomic E-state index is 0.118. The summed E-state index contributed by atoms with van der Waals surface area (Å²) in [5.41, 5.74) is 0.465. The summed E-state index contributed by atoms with van der Waals surface area (Å²) in [6.07, 6.45) is 4.52. The van der Waals surface area contributed by atoms with Crippen LogP contribution < -0.4 is 5.56 Å². The maximum Gasteiger partial charge on any atom is 0.251 e. The highest BCUT2D eigenvalue weighted by Gasteiger charge is 2.29. The number of aryl methyl sites for hydroxylation is 1. The highest BCUT2D eigenvalue weighted by molar-refractivity contribution is 5.78. The monoisotopic (exact) mass is 334 g/mol. The van der Waals surface area contributed by atoms with E-state index < -0.39 is 0 Å². The molecule has 1 amide bonds. The van der Waals surface area contributed by atoms with Crippen LogP contribution in [0.2, 0.25) is 0 Å². The first-order chi connectivity index (χ1) is 11.5. The number of aromatic nitrogens is 2. The highest BCUT2D eigenvalue weighted by Crippen LogP contribution is 2.23. The molecule has 24 heavy (non-hydrogen) atoms. The van der Waals surface area contributed by atoms with Crippen LogP contribution in [0.15, 0.2) is 10.9 Å². The molecule has 0 radical (unpaired) electrons. The van der Waals surface area contributed by atoms with Gasteiger partial charge in [0.25, 0.3) is 5.56 Å². The first kappa shape index (κ1) is 17.1. The fraction of sp³-hybridized carbons (Fsp3) is 0.706. The Kier molecular flexibility index (Phi) is 5.30. The van der Waals surface area contributed by atoms with Crippen molar-refractivity contribution in [3.05, 3.63) is 27.9 Å². The number of rotatable bonds is 4. The first-order valence-corrected chi connectivity index (χ1v) is 8.70. The topological polar surface area (TPSA) is 78.5 Å². The lowest BCUT2D eigenvalue weighted by Crippen LogP contribution is -2.47. The van der Waals surface area contributed by atoms with Crippen LogP contribution in [-0.2, 0) is 9.53 Å². The van der Waals surface area contributed by atoms with Crippen molar-refractivity contribution in [3.63, 3.8) is 0 Å².